The molecular formula is C34H42ClN3O7. The number of nitrogens with one attached hydrogen (secondary N) is 2. The van der Waals surface area contributed by atoms with E-state index in [2.05, 4.69) is 10.6 Å². The van der Waals surface area contributed by atoms with Crippen molar-refractivity contribution in [2.24, 2.45) is 11.7 Å². The van der Waals surface area contributed by atoms with Crippen LogP contribution in [-0.4, -0.2) is 49.2 Å². The molecule has 0 spiro atoms. The van der Waals surface area contributed by atoms with Crippen LogP contribution in [0.2, 0.25) is 0 Å². The molecule has 0 radical (unpaired) electrons. The quantitative estimate of drug-likeness (QED) is 0.127. The SMILES string of the molecule is COC1=CCC([C@@H](C)/C=C(C)/C=C\C=C\C(=O)N[C@@H](Cc2ccccc2)C(=O)N/C=C\C[C@H](C/C=C(\C)Cl)OC(N)=O)OC1=O. The Bertz CT molecular complexity index is 1340. The Balaban J connectivity index is 1.98. The van der Waals surface area contributed by atoms with Crippen molar-refractivity contribution in [3.63, 3.8) is 0 Å². The molecule has 1 unspecified atom stereocenters. The maximum Gasteiger partial charge on any atom is 0.404 e. The highest BCUT2D eigenvalue weighted by molar-refractivity contribution is 6.29. The van der Waals surface area contributed by atoms with Crippen molar-refractivity contribution in [3.05, 3.63) is 107 Å². The molecule has 10 nitrogen and oxygen atoms in total. The molecule has 2 rings (SSSR count). The summed E-state index contributed by atoms with van der Waals surface area (Å²) >= 11 is 5.86. The second-order valence-electron chi connectivity index (χ2n) is 10.4. The fraction of sp³-hybridized carbons (Fsp3) is 0.353. The second-order valence-corrected chi connectivity index (χ2v) is 11.0. The summed E-state index contributed by atoms with van der Waals surface area (Å²) in [6.07, 6.45) is 14.7. The smallest absolute Gasteiger partial charge is 0.404 e. The molecule has 1 aromatic carbocycles. The molecule has 0 saturated heterocycles. The lowest BCUT2D eigenvalue weighted by atomic mass is 9.97. The Morgan fingerprint density at radius 3 is 2.49 bits per heavy atom. The van der Waals surface area contributed by atoms with E-state index in [1.54, 1.807) is 37.3 Å². The first-order valence-electron chi connectivity index (χ1n) is 14.5. The number of amides is 3. The number of esters is 1. The summed E-state index contributed by atoms with van der Waals surface area (Å²) in [5.41, 5.74) is 6.95. The van der Waals surface area contributed by atoms with E-state index >= 15 is 0 Å². The molecule has 0 fully saturated rings. The number of rotatable bonds is 16. The van der Waals surface area contributed by atoms with Gasteiger partial charge in [0.15, 0.2) is 5.76 Å². The van der Waals surface area contributed by atoms with Gasteiger partial charge >= 0.3 is 12.1 Å². The summed E-state index contributed by atoms with van der Waals surface area (Å²) < 4.78 is 15.5. The van der Waals surface area contributed by atoms with E-state index in [4.69, 9.17) is 31.5 Å². The molecule has 0 aliphatic carbocycles. The molecule has 0 saturated carbocycles. The third-order valence-electron chi connectivity index (χ3n) is 6.65. The lowest BCUT2D eigenvalue weighted by molar-refractivity contribution is -0.151. The van der Waals surface area contributed by atoms with Crippen LogP contribution >= 0.6 is 11.6 Å². The van der Waals surface area contributed by atoms with Gasteiger partial charge in [-0.2, -0.15) is 0 Å². The van der Waals surface area contributed by atoms with Crippen molar-refractivity contribution in [3.8, 4) is 0 Å². The molecule has 4 atom stereocenters. The van der Waals surface area contributed by atoms with Crippen LogP contribution in [0, 0.1) is 5.92 Å². The van der Waals surface area contributed by atoms with Crippen molar-refractivity contribution in [1.82, 2.24) is 10.6 Å². The third-order valence-corrected chi connectivity index (χ3v) is 6.80. The average molecular weight is 640 g/mol. The number of allylic oxidation sites excluding steroid dienone is 5. The maximum absolute atomic E-state index is 13.0. The minimum Gasteiger partial charge on any atom is -0.490 e. The Morgan fingerprint density at radius 1 is 1.13 bits per heavy atom. The zero-order valence-electron chi connectivity index (χ0n) is 26.0. The number of halogens is 1. The summed E-state index contributed by atoms with van der Waals surface area (Å²) in [4.78, 5) is 48.9. The Morgan fingerprint density at radius 2 is 1.84 bits per heavy atom. The minimum absolute atomic E-state index is 0.0277. The van der Waals surface area contributed by atoms with Crippen LogP contribution in [-0.2, 0) is 35.0 Å². The van der Waals surface area contributed by atoms with Crippen LogP contribution in [0.1, 0.15) is 45.6 Å². The lowest BCUT2D eigenvalue weighted by Gasteiger charge is -2.25. The van der Waals surface area contributed by atoms with Gasteiger partial charge in [-0.15, -0.1) is 0 Å². The first-order chi connectivity index (χ1) is 21.5. The van der Waals surface area contributed by atoms with Gasteiger partial charge < -0.3 is 30.6 Å². The number of methoxy groups -OCH3 is 1. The van der Waals surface area contributed by atoms with Gasteiger partial charge in [-0.1, -0.05) is 90.9 Å². The second kappa shape index (κ2) is 19.7. The van der Waals surface area contributed by atoms with Crippen LogP contribution in [0.15, 0.2) is 102 Å². The first-order valence-corrected chi connectivity index (χ1v) is 14.9. The summed E-state index contributed by atoms with van der Waals surface area (Å²) in [5.74, 6) is -1.14. The zero-order chi connectivity index (χ0) is 33.2. The summed E-state index contributed by atoms with van der Waals surface area (Å²) in [6, 6.07) is 8.47. The topological polar surface area (TPSA) is 146 Å². The number of carbonyl (C=O) groups excluding carboxylic acids is 4. The average Bonchev–Trinajstić information content (AvgIpc) is 2.99. The number of ether oxygens (including phenoxy) is 3. The van der Waals surface area contributed by atoms with Gasteiger partial charge in [-0.05, 0) is 31.7 Å². The molecule has 45 heavy (non-hydrogen) atoms. The summed E-state index contributed by atoms with van der Waals surface area (Å²) in [5, 5.41) is 5.99. The standard InChI is InChI=1S/C34H42ClN3O7/c1-23(21-24(2)29-18-19-30(43-4)33(41)45-29)11-8-9-15-31(39)38-28(22-26-12-6-5-7-13-26)32(40)37-20-10-14-27(44-34(36)42)17-16-25(3)35/h5-13,15-16,19-21,24,27-29H,14,17-18,22H2,1-4H3,(H2,36,42)(H,37,40)(H,38,39)/b11-8-,15-9+,20-10-,23-21+,25-16+/t24-,27+,28-,29?/m0/s1. The number of nitrogens with two attached hydrogens (primary N) is 1. The normalized spacial score (nSPS) is 17.8. The number of cyclic esters (lactones) is 1. The molecule has 0 bridgehead atoms. The molecule has 0 aromatic heterocycles. The first kappa shape index (κ1) is 36.6. The largest absolute Gasteiger partial charge is 0.490 e. The number of primary amides is 1. The van der Waals surface area contributed by atoms with E-state index in [0.717, 1.165) is 11.1 Å². The van der Waals surface area contributed by atoms with Crippen LogP contribution in [0.3, 0.4) is 0 Å². The van der Waals surface area contributed by atoms with E-state index in [9.17, 15) is 19.2 Å². The minimum atomic E-state index is -0.905. The number of hydrogen-bond acceptors (Lipinski definition) is 7. The van der Waals surface area contributed by atoms with Crippen molar-refractivity contribution < 1.29 is 33.4 Å². The maximum atomic E-state index is 13.0. The molecule has 11 heteroatoms. The highest BCUT2D eigenvalue weighted by Crippen LogP contribution is 2.22. The molecular weight excluding hydrogens is 598 g/mol. The number of hydrogen-bond donors (Lipinski definition) is 3. The van der Waals surface area contributed by atoms with Crippen molar-refractivity contribution in [1.29, 1.82) is 0 Å². The van der Waals surface area contributed by atoms with Gasteiger partial charge in [0, 0.05) is 42.7 Å². The van der Waals surface area contributed by atoms with Crippen molar-refractivity contribution >= 4 is 35.5 Å². The summed E-state index contributed by atoms with van der Waals surface area (Å²) in [7, 11) is 1.43. The molecule has 1 heterocycles. The van der Waals surface area contributed by atoms with Gasteiger partial charge in [0.05, 0.1) is 7.11 Å². The van der Waals surface area contributed by atoms with E-state index in [1.807, 2.05) is 56.3 Å². The van der Waals surface area contributed by atoms with Gasteiger partial charge in [0.25, 0.3) is 0 Å². The molecule has 1 aliphatic rings. The van der Waals surface area contributed by atoms with E-state index < -0.39 is 36.0 Å². The van der Waals surface area contributed by atoms with Gasteiger partial charge in [-0.3, -0.25) is 9.59 Å². The molecule has 3 amide bonds. The van der Waals surface area contributed by atoms with Gasteiger partial charge in [-0.25, -0.2) is 9.59 Å². The van der Waals surface area contributed by atoms with Crippen LogP contribution in [0.4, 0.5) is 4.79 Å². The van der Waals surface area contributed by atoms with Crippen LogP contribution < -0.4 is 16.4 Å². The van der Waals surface area contributed by atoms with Crippen LogP contribution in [0.5, 0.6) is 0 Å². The Labute approximate surface area is 269 Å². The fourth-order valence-electron chi connectivity index (χ4n) is 4.36. The van der Waals surface area contributed by atoms with Gasteiger partial charge in [0.2, 0.25) is 11.8 Å². The van der Waals surface area contributed by atoms with Crippen molar-refractivity contribution in [2.45, 2.75) is 64.7 Å². The van der Waals surface area contributed by atoms with E-state index in [1.165, 1.54) is 19.4 Å². The fourth-order valence-corrected chi connectivity index (χ4v) is 4.45. The Hall–Kier alpha value is -4.57. The summed E-state index contributed by atoms with van der Waals surface area (Å²) in [6.45, 7) is 5.58. The van der Waals surface area contributed by atoms with Crippen LogP contribution in [0.25, 0.3) is 0 Å². The lowest BCUT2D eigenvalue weighted by Crippen LogP contribution is -2.46. The predicted octanol–water partition coefficient (Wildman–Crippen LogP) is 5.27. The number of benzene rings is 1. The molecule has 242 valence electrons. The monoisotopic (exact) mass is 639 g/mol. The van der Waals surface area contributed by atoms with Gasteiger partial charge in [0.1, 0.15) is 18.2 Å². The molecule has 4 N–H and O–H groups in total. The number of carbonyl (C=O) groups is 4. The Kier molecular flexibility index (Phi) is 16.0. The van der Waals surface area contributed by atoms with E-state index in [0.29, 0.717) is 24.3 Å². The third kappa shape index (κ3) is 14.6. The highest BCUT2D eigenvalue weighted by atomic mass is 35.5. The molecule has 1 aliphatic heterocycles. The van der Waals surface area contributed by atoms with Crippen molar-refractivity contribution in [2.75, 3.05) is 7.11 Å². The zero-order valence-corrected chi connectivity index (χ0v) is 26.8. The predicted molar refractivity (Wildman–Crippen MR) is 173 cm³/mol. The van der Waals surface area contributed by atoms with E-state index in [-0.39, 0.29) is 24.2 Å². The molecule has 1 aromatic rings. The highest BCUT2D eigenvalue weighted by Gasteiger charge is 2.27.